The van der Waals surface area contributed by atoms with E-state index in [1.165, 1.54) is 0 Å². The molecule has 1 heterocycles. The lowest BCUT2D eigenvalue weighted by Crippen LogP contribution is -2.39. The number of nitrogens with one attached hydrogen (secondary N) is 1. The van der Waals surface area contributed by atoms with Gasteiger partial charge in [0.1, 0.15) is 12.3 Å². The van der Waals surface area contributed by atoms with Crippen LogP contribution in [0.5, 0.6) is 0 Å². The van der Waals surface area contributed by atoms with Crippen LogP contribution in [0, 0.1) is 11.8 Å². The van der Waals surface area contributed by atoms with E-state index < -0.39 is 36.9 Å². The summed E-state index contributed by atoms with van der Waals surface area (Å²) in [7, 11) is 0. The van der Waals surface area contributed by atoms with Gasteiger partial charge in [-0.05, 0) is 56.4 Å². The first-order valence-electron chi connectivity index (χ1n) is 15.6. The molecule has 44 heavy (non-hydrogen) atoms. The average molecular weight is 643 g/mol. The quantitative estimate of drug-likeness (QED) is 0.124. The van der Waals surface area contributed by atoms with Crippen LogP contribution in [0.4, 0.5) is 9.59 Å². The normalized spacial score (nSPS) is 18.8. The van der Waals surface area contributed by atoms with Crippen LogP contribution in [0.2, 0.25) is 0 Å². The van der Waals surface area contributed by atoms with Crippen molar-refractivity contribution in [2.24, 2.45) is 11.8 Å². The van der Waals surface area contributed by atoms with Gasteiger partial charge in [0.05, 0.1) is 25.0 Å². The predicted octanol–water partition coefficient (Wildman–Crippen LogP) is 4.28. The molecule has 14 heteroatoms. The largest absolute Gasteiger partial charge is 0.460 e. The fourth-order valence-corrected chi connectivity index (χ4v) is 5.98. The second kappa shape index (κ2) is 20.2. The van der Waals surface area contributed by atoms with Crippen LogP contribution >= 0.6 is 11.8 Å². The van der Waals surface area contributed by atoms with Gasteiger partial charge in [-0.1, -0.05) is 38.5 Å². The molecule has 1 amide bonds. The molecule has 0 spiro atoms. The second-order valence-corrected chi connectivity index (χ2v) is 12.2. The Morgan fingerprint density at radius 3 is 1.93 bits per heavy atom. The number of morpholine rings is 1. The number of ether oxygens (including phenoxy) is 6. The van der Waals surface area contributed by atoms with Crippen molar-refractivity contribution in [2.45, 2.75) is 77.6 Å². The Kier molecular flexibility index (Phi) is 16.4. The first-order chi connectivity index (χ1) is 21.3. The summed E-state index contributed by atoms with van der Waals surface area (Å²) in [6.45, 7) is 3.90. The highest BCUT2D eigenvalue weighted by atomic mass is 32.2. The molecule has 0 radical (unpaired) electrons. The number of esters is 3. The van der Waals surface area contributed by atoms with E-state index in [1.807, 2.05) is 0 Å². The Morgan fingerprint density at radius 1 is 0.773 bits per heavy atom. The van der Waals surface area contributed by atoms with Crippen LogP contribution in [0.15, 0.2) is 11.3 Å². The molecule has 0 aromatic carbocycles. The standard InChI is InChI=1S/C30H46N2O11S/c1-22(12-19-44-30(37)43-21-41-27(34)24-10-6-3-7-11-24)25(28(35)39-18-15-32-13-16-38-17-14-32)31-29(36)42-20-40-26(33)23-8-4-2-5-9-23/h23-24H,2-21H2,1H3,(H,31,36). The number of carbonyl (C=O) groups excluding carboxylic acids is 5. The Balaban J connectivity index is 1.44. The molecule has 0 bridgehead atoms. The number of alkyl carbamates (subject to hydrolysis) is 1. The number of rotatable bonds is 14. The van der Waals surface area contributed by atoms with Crippen LogP contribution in [-0.4, -0.2) is 93.0 Å². The molecule has 0 aromatic rings. The molecule has 3 aliphatic rings. The van der Waals surface area contributed by atoms with Crippen molar-refractivity contribution >= 4 is 41.1 Å². The van der Waals surface area contributed by atoms with Crippen molar-refractivity contribution in [1.29, 1.82) is 0 Å². The van der Waals surface area contributed by atoms with E-state index in [1.54, 1.807) is 6.92 Å². The van der Waals surface area contributed by atoms with Gasteiger partial charge in [-0.25, -0.2) is 14.4 Å². The molecular formula is C30H46N2O11S. The Morgan fingerprint density at radius 2 is 1.34 bits per heavy atom. The summed E-state index contributed by atoms with van der Waals surface area (Å²) in [5.74, 6) is -1.61. The molecule has 1 saturated heterocycles. The molecule has 2 aliphatic carbocycles. The minimum atomic E-state index is -0.979. The van der Waals surface area contributed by atoms with Gasteiger partial charge in [-0.3, -0.25) is 19.8 Å². The van der Waals surface area contributed by atoms with E-state index >= 15 is 0 Å². The number of carbonyl (C=O) groups is 5. The van der Waals surface area contributed by atoms with Crippen molar-refractivity contribution in [3.8, 4) is 0 Å². The topological polar surface area (TPSA) is 156 Å². The molecule has 0 unspecified atom stereocenters. The number of nitrogens with zero attached hydrogens (tertiary/aromatic N) is 1. The third-order valence-electron chi connectivity index (χ3n) is 7.95. The summed E-state index contributed by atoms with van der Waals surface area (Å²) in [6, 6.07) is 0. The van der Waals surface area contributed by atoms with Gasteiger partial charge in [-0.2, -0.15) is 0 Å². The molecule has 0 aromatic heterocycles. The van der Waals surface area contributed by atoms with Crippen LogP contribution in [0.3, 0.4) is 0 Å². The SMILES string of the molecule is CC(CCSC(=O)OCOC(=O)C1CCCCC1)=C(NC(=O)OCOC(=O)C1CCCCC1)C(=O)OCCN1CCOCC1. The minimum Gasteiger partial charge on any atom is -0.460 e. The van der Waals surface area contributed by atoms with Crippen LogP contribution < -0.4 is 5.32 Å². The highest BCUT2D eigenvalue weighted by Crippen LogP contribution is 2.25. The summed E-state index contributed by atoms with van der Waals surface area (Å²) >= 11 is 0.849. The predicted molar refractivity (Wildman–Crippen MR) is 159 cm³/mol. The lowest BCUT2D eigenvalue weighted by molar-refractivity contribution is -0.158. The first-order valence-corrected chi connectivity index (χ1v) is 16.6. The molecule has 248 valence electrons. The van der Waals surface area contributed by atoms with Crippen LogP contribution in [0.1, 0.15) is 77.6 Å². The van der Waals surface area contributed by atoms with Gasteiger partial charge >= 0.3 is 29.3 Å². The van der Waals surface area contributed by atoms with Crippen LogP contribution in [-0.2, 0) is 42.8 Å². The van der Waals surface area contributed by atoms with Gasteiger partial charge in [0.25, 0.3) is 0 Å². The Labute approximate surface area is 263 Å². The molecule has 1 N–H and O–H groups in total. The zero-order valence-electron chi connectivity index (χ0n) is 25.6. The van der Waals surface area contributed by atoms with E-state index in [0.29, 0.717) is 25.3 Å². The highest BCUT2D eigenvalue weighted by Gasteiger charge is 2.25. The van der Waals surface area contributed by atoms with Crippen molar-refractivity contribution < 1.29 is 52.4 Å². The zero-order chi connectivity index (χ0) is 31.6. The van der Waals surface area contributed by atoms with Gasteiger partial charge in [0.2, 0.25) is 13.6 Å². The lowest BCUT2D eigenvalue weighted by atomic mass is 9.89. The minimum absolute atomic E-state index is 0.103. The monoisotopic (exact) mass is 642 g/mol. The smallest absolute Gasteiger partial charge is 0.414 e. The maximum Gasteiger partial charge on any atom is 0.414 e. The number of allylic oxidation sites excluding steroid dienone is 1. The Bertz CT molecular complexity index is 987. The maximum absolute atomic E-state index is 13.0. The van der Waals surface area contributed by atoms with Gasteiger partial charge in [0.15, 0.2) is 0 Å². The fourth-order valence-electron chi connectivity index (χ4n) is 5.28. The molecule has 2 saturated carbocycles. The molecule has 3 fully saturated rings. The molecule has 0 atom stereocenters. The van der Waals surface area contributed by atoms with E-state index in [4.69, 9.17) is 28.4 Å². The fraction of sp³-hybridized carbons (Fsp3) is 0.767. The summed E-state index contributed by atoms with van der Waals surface area (Å²) in [5, 5.41) is 1.78. The highest BCUT2D eigenvalue weighted by molar-refractivity contribution is 8.13. The molecule has 3 rings (SSSR count). The number of thioether (sulfide) groups is 1. The third kappa shape index (κ3) is 13.4. The molecule has 13 nitrogen and oxygen atoms in total. The maximum atomic E-state index is 13.0. The first kappa shape index (κ1) is 35.6. The summed E-state index contributed by atoms with van der Waals surface area (Å²) in [6.07, 6.45) is 8.46. The zero-order valence-corrected chi connectivity index (χ0v) is 26.5. The van der Waals surface area contributed by atoms with E-state index in [0.717, 1.165) is 89.1 Å². The van der Waals surface area contributed by atoms with Crippen molar-refractivity contribution in [2.75, 3.05) is 58.8 Å². The summed E-state index contributed by atoms with van der Waals surface area (Å²) in [5.41, 5.74) is 0.326. The van der Waals surface area contributed by atoms with Gasteiger partial charge in [-0.15, -0.1) is 0 Å². The Hall–Kier alpha value is -2.84. The number of hydrogen-bond acceptors (Lipinski definition) is 13. The number of amides is 1. The summed E-state index contributed by atoms with van der Waals surface area (Å²) < 4.78 is 30.9. The van der Waals surface area contributed by atoms with E-state index in [9.17, 15) is 24.0 Å². The van der Waals surface area contributed by atoms with Crippen LogP contribution in [0.25, 0.3) is 0 Å². The average Bonchev–Trinajstić information content (AvgIpc) is 3.04. The second-order valence-electron chi connectivity index (χ2n) is 11.1. The van der Waals surface area contributed by atoms with Crippen molar-refractivity contribution in [1.82, 2.24) is 10.2 Å². The van der Waals surface area contributed by atoms with Crippen molar-refractivity contribution in [3.63, 3.8) is 0 Å². The van der Waals surface area contributed by atoms with Crippen molar-refractivity contribution in [3.05, 3.63) is 11.3 Å². The lowest BCUT2D eigenvalue weighted by Gasteiger charge is -2.26. The van der Waals surface area contributed by atoms with E-state index in [2.05, 4.69) is 10.2 Å². The van der Waals surface area contributed by atoms with Gasteiger partial charge < -0.3 is 28.4 Å². The number of hydrogen-bond donors (Lipinski definition) is 1. The van der Waals surface area contributed by atoms with Gasteiger partial charge in [0, 0.05) is 25.4 Å². The molecule has 1 aliphatic heterocycles. The summed E-state index contributed by atoms with van der Waals surface area (Å²) in [4.78, 5) is 64.0. The third-order valence-corrected chi connectivity index (χ3v) is 8.71. The van der Waals surface area contributed by atoms with E-state index in [-0.39, 0.29) is 42.3 Å². The molecular weight excluding hydrogens is 596 g/mol.